The van der Waals surface area contributed by atoms with Crippen molar-refractivity contribution in [2.75, 3.05) is 19.7 Å². The van der Waals surface area contributed by atoms with Crippen LogP contribution in [0.3, 0.4) is 0 Å². The normalized spacial score (nSPS) is 17.2. The Kier molecular flexibility index (Phi) is 4.99. The van der Waals surface area contributed by atoms with Gasteiger partial charge in [-0.1, -0.05) is 12.1 Å². The number of amides is 1. The Labute approximate surface area is 140 Å². The molecule has 7 heteroatoms. The summed E-state index contributed by atoms with van der Waals surface area (Å²) in [5.41, 5.74) is -0.0127. The van der Waals surface area contributed by atoms with Crippen LogP contribution in [0.5, 0.6) is 0 Å². The van der Waals surface area contributed by atoms with Gasteiger partial charge in [-0.2, -0.15) is 4.98 Å². The summed E-state index contributed by atoms with van der Waals surface area (Å²) in [4.78, 5) is 18.5. The lowest BCUT2D eigenvalue weighted by atomic mass is 9.77. The van der Waals surface area contributed by atoms with Crippen molar-refractivity contribution in [1.82, 2.24) is 15.0 Å². The molecule has 1 fully saturated rings. The van der Waals surface area contributed by atoms with Crippen molar-refractivity contribution in [3.05, 3.63) is 24.3 Å². The molecule has 1 saturated heterocycles. The lowest BCUT2D eigenvalue weighted by Crippen LogP contribution is -2.44. The molecule has 2 aromatic heterocycles. The van der Waals surface area contributed by atoms with E-state index in [1.165, 1.54) is 0 Å². The van der Waals surface area contributed by atoms with Crippen LogP contribution in [-0.2, 0) is 11.2 Å². The molecule has 2 aromatic rings. The largest absolute Gasteiger partial charge is 0.461 e. The fourth-order valence-electron chi connectivity index (χ4n) is 3.09. The van der Waals surface area contributed by atoms with Crippen molar-refractivity contribution in [1.29, 1.82) is 0 Å². The van der Waals surface area contributed by atoms with Gasteiger partial charge in [0, 0.05) is 32.5 Å². The number of aromatic nitrogens is 2. The zero-order valence-corrected chi connectivity index (χ0v) is 13.9. The summed E-state index contributed by atoms with van der Waals surface area (Å²) >= 11 is 0. The highest BCUT2D eigenvalue weighted by molar-refractivity contribution is 5.76. The Morgan fingerprint density at radius 3 is 2.83 bits per heavy atom. The second-order valence-electron chi connectivity index (χ2n) is 6.38. The number of carbonyl (C=O) groups is 1. The van der Waals surface area contributed by atoms with Crippen LogP contribution in [-0.4, -0.2) is 45.8 Å². The molecule has 3 rings (SSSR count). The first kappa shape index (κ1) is 16.7. The lowest BCUT2D eigenvalue weighted by molar-refractivity contribution is -0.134. The molecular weight excluding hydrogens is 310 g/mol. The SMILES string of the molecule is CCC1(CO)CCN(C(=O)CCc2nc(-c3ccco3)no2)CC1. The second-order valence-corrected chi connectivity index (χ2v) is 6.38. The van der Waals surface area contributed by atoms with Gasteiger partial charge in [-0.05, 0) is 36.8 Å². The van der Waals surface area contributed by atoms with Gasteiger partial charge in [-0.15, -0.1) is 0 Å². The maximum Gasteiger partial charge on any atom is 0.238 e. The molecular formula is C17H23N3O4. The van der Waals surface area contributed by atoms with Crippen LogP contribution in [0, 0.1) is 5.41 Å². The first-order chi connectivity index (χ1) is 11.7. The number of likely N-dealkylation sites (tertiary alicyclic amines) is 1. The molecule has 1 amide bonds. The first-order valence-corrected chi connectivity index (χ1v) is 8.41. The van der Waals surface area contributed by atoms with Gasteiger partial charge < -0.3 is 18.9 Å². The van der Waals surface area contributed by atoms with E-state index in [4.69, 9.17) is 8.94 Å². The van der Waals surface area contributed by atoms with Crippen molar-refractivity contribution in [3.63, 3.8) is 0 Å². The molecule has 0 unspecified atom stereocenters. The fourth-order valence-corrected chi connectivity index (χ4v) is 3.09. The van der Waals surface area contributed by atoms with E-state index < -0.39 is 0 Å². The quantitative estimate of drug-likeness (QED) is 0.872. The third-order valence-corrected chi connectivity index (χ3v) is 5.02. The predicted octanol–water partition coefficient (Wildman–Crippen LogP) is 2.27. The van der Waals surface area contributed by atoms with Gasteiger partial charge in [0.25, 0.3) is 0 Å². The number of carbonyl (C=O) groups excluding carboxylic acids is 1. The zero-order valence-electron chi connectivity index (χ0n) is 13.9. The van der Waals surface area contributed by atoms with E-state index in [9.17, 15) is 9.90 Å². The molecule has 0 spiro atoms. The van der Waals surface area contributed by atoms with Gasteiger partial charge in [-0.3, -0.25) is 4.79 Å². The smallest absolute Gasteiger partial charge is 0.238 e. The minimum Gasteiger partial charge on any atom is -0.461 e. The highest BCUT2D eigenvalue weighted by Crippen LogP contribution is 2.34. The van der Waals surface area contributed by atoms with Crippen LogP contribution in [0.4, 0.5) is 0 Å². The van der Waals surface area contributed by atoms with E-state index in [1.807, 2.05) is 4.90 Å². The number of aliphatic hydroxyl groups excluding tert-OH is 1. The van der Waals surface area contributed by atoms with Gasteiger partial charge in [-0.25, -0.2) is 0 Å². The molecule has 3 heterocycles. The van der Waals surface area contributed by atoms with Crippen LogP contribution in [0.25, 0.3) is 11.6 Å². The molecule has 1 N–H and O–H groups in total. The standard InChI is InChI=1S/C17H23N3O4/c1-2-17(12-21)7-9-20(10-8-17)15(22)6-5-14-18-16(19-24-14)13-4-3-11-23-13/h3-4,11,21H,2,5-10,12H2,1H3. The van der Waals surface area contributed by atoms with Gasteiger partial charge in [0.2, 0.25) is 17.6 Å². The third kappa shape index (κ3) is 3.51. The summed E-state index contributed by atoms with van der Waals surface area (Å²) < 4.78 is 10.4. The Hall–Kier alpha value is -2.15. The van der Waals surface area contributed by atoms with E-state index >= 15 is 0 Å². The highest BCUT2D eigenvalue weighted by atomic mass is 16.5. The Balaban J connectivity index is 1.50. The van der Waals surface area contributed by atoms with Gasteiger partial charge in [0.1, 0.15) is 0 Å². The number of hydrogen-bond acceptors (Lipinski definition) is 6. The van der Waals surface area contributed by atoms with E-state index in [0.29, 0.717) is 43.4 Å². The number of furan rings is 1. The average molecular weight is 333 g/mol. The summed E-state index contributed by atoms with van der Waals surface area (Å²) in [5.74, 6) is 1.48. The topological polar surface area (TPSA) is 92.6 Å². The third-order valence-electron chi connectivity index (χ3n) is 5.02. The van der Waals surface area contributed by atoms with Gasteiger partial charge in [0.15, 0.2) is 5.76 Å². The summed E-state index contributed by atoms with van der Waals surface area (Å²) in [6, 6.07) is 3.52. The molecule has 0 aromatic carbocycles. The van der Waals surface area contributed by atoms with Crippen molar-refractivity contribution >= 4 is 5.91 Å². The molecule has 1 aliphatic rings. The second kappa shape index (κ2) is 7.17. The number of piperidine rings is 1. The summed E-state index contributed by atoms with van der Waals surface area (Å²) in [6.07, 6.45) is 4.97. The van der Waals surface area contributed by atoms with Crippen molar-refractivity contribution in [3.8, 4) is 11.6 Å². The zero-order chi connectivity index (χ0) is 17.0. The first-order valence-electron chi connectivity index (χ1n) is 8.41. The summed E-state index contributed by atoms with van der Waals surface area (Å²) in [6.45, 7) is 3.70. The minimum atomic E-state index is -0.0127. The molecule has 0 aliphatic carbocycles. The molecule has 0 bridgehead atoms. The molecule has 24 heavy (non-hydrogen) atoms. The monoisotopic (exact) mass is 333 g/mol. The van der Waals surface area contributed by atoms with Crippen molar-refractivity contribution in [2.45, 2.75) is 39.0 Å². The minimum absolute atomic E-state index is 0.0127. The highest BCUT2D eigenvalue weighted by Gasteiger charge is 2.33. The maximum atomic E-state index is 12.3. The van der Waals surface area contributed by atoms with Crippen LogP contribution in [0.15, 0.2) is 27.3 Å². The summed E-state index contributed by atoms with van der Waals surface area (Å²) in [5, 5.41) is 13.4. The van der Waals surface area contributed by atoms with Gasteiger partial charge in [0.05, 0.1) is 6.26 Å². The van der Waals surface area contributed by atoms with Crippen LogP contribution < -0.4 is 0 Å². The molecule has 1 aliphatic heterocycles. The van der Waals surface area contributed by atoms with E-state index in [1.54, 1.807) is 18.4 Å². The number of hydrogen-bond donors (Lipinski definition) is 1. The Morgan fingerprint density at radius 1 is 1.42 bits per heavy atom. The Morgan fingerprint density at radius 2 is 2.21 bits per heavy atom. The molecule has 0 atom stereocenters. The molecule has 0 radical (unpaired) electrons. The van der Waals surface area contributed by atoms with Crippen molar-refractivity contribution in [2.24, 2.45) is 5.41 Å². The van der Waals surface area contributed by atoms with Crippen molar-refractivity contribution < 1.29 is 18.8 Å². The van der Waals surface area contributed by atoms with E-state index in [0.717, 1.165) is 19.3 Å². The molecule has 130 valence electrons. The summed E-state index contributed by atoms with van der Waals surface area (Å²) in [7, 11) is 0. The fraction of sp³-hybridized carbons (Fsp3) is 0.588. The Bertz CT molecular complexity index is 651. The number of aliphatic hydroxyl groups is 1. The van der Waals surface area contributed by atoms with Crippen LogP contribution in [0.1, 0.15) is 38.5 Å². The number of rotatable bonds is 6. The number of nitrogens with zero attached hydrogens (tertiary/aromatic N) is 3. The maximum absolute atomic E-state index is 12.3. The average Bonchev–Trinajstić information content (AvgIpc) is 3.31. The lowest BCUT2D eigenvalue weighted by Gasteiger charge is -2.40. The van der Waals surface area contributed by atoms with Gasteiger partial charge >= 0.3 is 0 Å². The predicted molar refractivity (Wildman–Crippen MR) is 85.9 cm³/mol. The number of aryl methyl sites for hydroxylation is 1. The molecule has 0 saturated carbocycles. The van der Waals surface area contributed by atoms with Crippen LogP contribution >= 0.6 is 0 Å². The van der Waals surface area contributed by atoms with E-state index in [-0.39, 0.29) is 17.9 Å². The van der Waals surface area contributed by atoms with Crippen LogP contribution in [0.2, 0.25) is 0 Å². The van der Waals surface area contributed by atoms with E-state index in [2.05, 4.69) is 17.1 Å². The molecule has 7 nitrogen and oxygen atoms in total.